The Balaban J connectivity index is 2.30. The van der Waals surface area contributed by atoms with Crippen molar-refractivity contribution in [3.63, 3.8) is 0 Å². The van der Waals surface area contributed by atoms with Gasteiger partial charge in [-0.1, -0.05) is 38.3 Å². The maximum atomic E-state index is 5.32. The number of nitrogens with zero attached hydrogens (tertiary/aromatic N) is 2. The van der Waals surface area contributed by atoms with Crippen molar-refractivity contribution < 1.29 is 0 Å². The van der Waals surface area contributed by atoms with Crippen LogP contribution in [0, 0.1) is 15.9 Å². The van der Waals surface area contributed by atoms with Crippen LogP contribution in [0.1, 0.15) is 45.1 Å². The van der Waals surface area contributed by atoms with E-state index in [4.69, 9.17) is 24.4 Å². The minimum absolute atomic E-state index is 0.888. The molecule has 0 aromatic heterocycles. The molecule has 0 fully saturated rings. The molecule has 0 spiro atoms. The Morgan fingerprint density at radius 2 is 1.40 bits per heavy atom. The van der Waals surface area contributed by atoms with E-state index in [-0.39, 0.29) is 0 Å². The lowest BCUT2D eigenvalue weighted by Crippen LogP contribution is -2.28. The zero-order valence-corrected chi connectivity index (χ0v) is 15.0. The number of unbranched alkanes of at least 4 members (excludes halogenated alkanes) is 1. The molecule has 1 aromatic rings. The summed E-state index contributed by atoms with van der Waals surface area (Å²) in [4.78, 5) is 4.85. The molecular weight excluding hydrogens is 284 g/mol. The summed E-state index contributed by atoms with van der Waals surface area (Å²) in [7, 11) is 2.13. The van der Waals surface area contributed by atoms with Gasteiger partial charge in [-0.2, -0.15) is 0 Å². The molecule has 20 heavy (non-hydrogen) atoms. The van der Waals surface area contributed by atoms with Crippen molar-refractivity contribution in [2.24, 2.45) is 0 Å². The smallest absolute Gasteiger partial charge is 0.0797 e. The minimum atomic E-state index is 0.888. The highest BCUT2D eigenvalue weighted by atomic mass is 32.1. The molecule has 0 aliphatic rings. The quantitative estimate of drug-likeness (QED) is 0.457. The van der Waals surface area contributed by atoms with Gasteiger partial charge < -0.3 is 9.80 Å². The Labute approximate surface area is 134 Å². The lowest BCUT2D eigenvalue weighted by Gasteiger charge is -2.25. The zero-order chi connectivity index (χ0) is 15.1. The molecular formula is C16H28N2S2. The minimum Gasteiger partial charge on any atom is -0.373 e. The molecule has 2 nitrogen and oxygen atoms in total. The van der Waals surface area contributed by atoms with Crippen LogP contribution in [0.15, 0.2) is 0 Å². The predicted molar refractivity (Wildman–Crippen MR) is 94.7 cm³/mol. The van der Waals surface area contributed by atoms with E-state index in [1.807, 2.05) is 0 Å². The summed E-state index contributed by atoms with van der Waals surface area (Å²) in [6, 6.07) is 0. The van der Waals surface area contributed by atoms with E-state index in [9.17, 15) is 0 Å². The van der Waals surface area contributed by atoms with Crippen molar-refractivity contribution in [2.45, 2.75) is 46.5 Å². The van der Waals surface area contributed by atoms with Gasteiger partial charge in [-0.3, -0.25) is 0 Å². The first-order valence-electron chi connectivity index (χ1n) is 7.76. The molecule has 4 heteroatoms. The molecule has 0 atom stereocenters. The van der Waals surface area contributed by atoms with E-state index in [0.29, 0.717) is 0 Å². The van der Waals surface area contributed by atoms with Crippen LogP contribution < -0.4 is 4.90 Å². The molecule has 0 aliphatic carbocycles. The van der Waals surface area contributed by atoms with Crippen LogP contribution in [0.2, 0.25) is 0 Å². The Hall–Kier alpha value is -0.320. The number of rotatable bonds is 10. The SMILES string of the molecule is CCCN(CCC)CCCCN(C)c1c(C)c(=S)c1=S. The van der Waals surface area contributed by atoms with Gasteiger partial charge in [0.2, 0.25) is 0 Å². The van der Waals surface area contributed by atoms with E-state index in [2.05, 4.69) is 37.6 Å². The van der Waals surface area contributed by atoms with Crippen LogP contribution in [0.25, 0.3) is 0 Å². The molecule has 0 saturated heterocycles. The van der Waals surface area contributed by atoms with Gasteiger partial charge in [0.1, 0.15) is 0 Å². The Bertz CT molecular complexity index is 469. The Kier molecular flexibility index (Phi) is 7.85. The van der Waals surface area contributed by atoms with Gasteiger partial charge >= 0.3 is 0 Å². The van der Waals surface area contributed by atoms with Gasteiger partial charge in [0, 0.05) is 13.6 Å². The van der Waals surface area contributed by atoms with Gasteiger partial charge in [0.25, 0.3) is 0 Å². The maximum absolute atomic E-state index is 5.32. The molecule has 1 rings (SSSR count). The fourth-order valence-electron chi connectivity index (χ4n) is 2.72. The first-order chi connectivity index (χ1) is 9.52. The van der Waals surface area contributed by atoms with E-state index in [0.717, 1.165) is 15.6 Å². The third-order valence-corrected chi connectivity index (χ3v) is 4.83. The molecule has 0 N–H and O–H groups in total. The molecule has 0 amide bonds. The summed E-state index contributed by atoms with van der Waals surface area (Å²) >= 11 is 10.5. The van der Waals surface area contributed by atoms with Crippen molar-refractivity contribution in [1.82, 2.24) is 4.90 Å². The zero-order valence-electron chi connectivity index (χ0n) is 13.4. The first-order valence-corrected chi connectivity index (χ1v) is 8.57. The normalized spacial score (nSPS) is 11.4. The van der Waals surface area contributed by atoms with Crippen LogP contribution in [-0.2, 0) is 0 Å². The van der Waals surface area contributed by atoms with Gasteiger partial charge in [0.15, 0.2) is 0 Å². The average molecular weight is 313 g/mol. The van der Waals surface area contributed by atoms with Crippen molar-refractivity contribution in [3.8, 4) is 0 Å². The van der Waals surface area contributed by atoms with Crippen molar-refractivity contribution in [2.75, 3.05) is 38.1 Å². The highest BCUT2D eigenvalue weighted by Gasteiger charge is 2.14. The molecule has 0 bridgehead atoms. The van der Waals surface area contributed by atoms with Crippen LogP contribution in [0.5, 0.6) is 0 Å². The molecule has 0 unspecified atom stereocenters. The second-order valence-corrected chi connectivity index (χ2v) is 6.42. The Morgan fingerprint density at radius 3 is 1.90 bits per heavy atom. The first kappa shape index (κ1) is 17.7. The molecule has 0 radical (unpaired) electrons. The predicted octanol–water partition coefficient (Wildman–Crippen LogP) is 4.67. The van der Waals surface area contributed by atoms with Gasteiger partial charge in [-0.05, 0) is 57.8 Å². The maximum Gasteiger partial charge on any atom is 0.0797 e. The molecule has 0 heterocycles. The lowest BCUT2D eigenvalue weighted by atomic mass is 10.1. The van der Waals surface area contributed by atoms with Gasteiger partial charge in [-0.15, -0.1) is 0 Å². The third-order valence-electron chi connectivity index (χ3n) is 3.80. The standard InChI is InChI=1S/C16H28N2S2/c1-5-9-18(10-6-2)12-8-7-11-17(4)14-13(3)15(19)16(14)20/h5-12H2,1-4H3. The monoisotopic (exact) mass is 312 g/mol. The van der Waals surface area contributed by atoms with Crippen LogP contribution in [-0.4, -0.2) is 38.1 Å². The van der Waals surface area contributed by atoms with E-state index in [1.54, 1.807) is 0 Å². The number of hydrogen-bond acceptors (Lipinski definition) is 4. The highest BCUT2D eigenvalue weighted by molar-refractivity contribution is 7.74. The third kappa shape index (κ3) is 4.61. The van der Waals surface area contributed by atoms with Crippen LogP contribution in [0.3, 0.4) is 0 Å². The second kappa shape index (κ2) is 8.85. The van der Waals surface area contributed by atoms with E-state index >= 15 is 0 Å². The van der Waals surface area contributed by atoms with E-state index < -0.39 is 0 Å². The Morgan fingerprint density at radius 1 is 0.850 bits per heavy atom. The molecule has 114 valence electrons. The van der Waals surface area contributed by atoms with Crippen molar-refractivity contribution in [3.05, 3.63) is 14.6 Å². The topological polar surface area (TPSA) is 6.48 Å². The molecule has 1 aromatic carbocycles. The van der Waals surface area contributed by atoms with Gasteiger partial charge in [-0.25, -0.2) is 0 Å². The number of hydrogen-bond donors (Lipinski definition) is 0. The summed E-state index contributed by atoms with van der Waals surface area (Å²) in [5.74, 6) is 0. The lowest BCUT2D eigenvalue weighted by molar-refractivity contribution is 0.269. The summed E-state index contributed by atoms with van der Waals surface area (Å²) in [6.07, 6.45) is 4.97. The van der Waals surface area contributed by atoms with E-state index in [1.165, 1.54) is 56.6 Å². The van der Waals surface area contributed by atoms with Gasteiger partial charge in [0.05, 0.1) is 14.7 Å². The average Bonchev–Trinajstić information content (AvgIpc) is 2.43. The summed E-state index contributed by atoms with van der Waals surface area (Å²) in [5.41, 5.74) is 2.40. The largest absolute Gasteiger partial charge is 0.373 e. The fraction of sp³-hybridized carbons (Fsp3) is 0.750. The highest BCUT2D eigenvalue weighted by Crippen LogP contribution is 2.28. The fourth-order valence-corrected chi connectivity index (χ4v) is 3.37. The van der Waals surface area contributed by atoms with Crippen molar-refractivity contribution >= 4 is 30.1 Å². The van der Waals surface area contributed by atoms with Crippen molar-refractivity contribution in [1.29, 1.82) is 0 Å². The molecule has 0 aliphatic heterocycles. The van der Waals surface area contributed by atoms with Crippen LogP contribution >= 0.6 is 24.4 Å². The summed E-state index contributed by atoms with van der Waals surface area (Å²) in [6.45, 7) is 11.3. The molecule has 0 saturated carbocycles. The summed E-state index contributed by atoms with van der Waals surface area (Å²) < 4.78 is 1.78. The second-order valence-electron chi connectivity index (χ2n) is 5.60. The number of anilines is 1. The summed E-state index contributed by atoms with van der Waals surface area (Å²) in [5, 5.41) is 0. The van der Waals surface area contributed by atoms with Crippen LogP contribution in [0.4, 0.5) is 5.69 Å².